The van der Waals surface area contributed by atoms with Gasteiger partial charge in [0.25, 0.3) is 0 Å². The summed E-state index contributed by atoms with van der Waals surface area (Å²) in [5.74, 6) is -0.224. The van der Waals surface area contributed by atoms with E-state index in [0.717, 1.165) is 12.1 Å². The van der Waals surface area contributed by atoms with Gasteiger partial charge in [0.1, 0.15) is 5.82 Å². The first-order valence-electron chi connectivity index (χ1n) is 6.84. The van der Waals surface area contributed by atoms with Gasteiger partial charge in [-0.15, -0.1) is 0 Å². The fourth-order valence-electron chi connectivity index (χ4n) is 2.03. The van der Waals surface area contributed by atoms with E-state index in [1.807, 2.05) is 24.1 Å². The third kappa shape index (κ3) is 4.53. The van der Waals surface area contributed by atoms with E-state index in [4.69, 9.17) is 12.2 Å². The normalized spacial score (nSPS) is 10.2. The molecule has 0 aromatic heterocycles. The molecule has 0 saturated heterocycles. The number of hydrogen-bond donors (Lipinski definition) is 1. The Balaban J connectivity index is 1.88. The summed E-state index contributed by atoms with van der Waals surface area (Å²) in [6.45, 7) is 3.46. The summed E-state index contributed by atoms with van der Waals surface area (Å²) in [5.41, 5.74) is 3.51. The number of hydrogen-bond acceptors (Lipinski definition) is 1. The first kappa shape index (κ1) is 15.4. The summed E-state index contributed by atoms with van der Waals surface area (Å²) in [6, 6.07) is 14.7. The molecular weight excluding hydrogens is 283 g/mol. The summed E-state index contributed by atoms with van der Waals surface area (Å²) in [5, 5.41) is 3.88. The maximum Gasteiger partial charge on any atom is 0.169 e. The number of rotatable bonds is 4. The fraction of sp³-hybridized carbons (Fsp3) is 0.235. The van der Waals surface area contributed by atoms with E-state index < -0.39 is 0 Å². The van der Waals surface area contributed by atoms with Crippen molar-refractivity contribution < 1.29 is 4.39 Å². The van der Waals surface area contributed by atoms with Crippen molar-refractivity contribution >= 4 is 17.3 Å². The van der Waals surface area contributed by atoms with Gasteiger partial charge in [0.05, 0.1) is 0 Å². The Morgan fingerprint density at radius 1 is 1.14 bits per heavy atom. The highest BCUT2D eigenvalue weighted by Crippen LogP contribution is 2.10. The van der Waals surface area contributed by atoms with E-state index in [2.05, 4.69) is 24.4 Å². The molecule has 2 aromatic rings. The maximum absolute atomic E-state index is 12.8. The highest BCUT2D eigenvalue weighted by Gasteiger charge is 2.06. The molecular formula is C17H19FN2S. The number of nitrogens with zero attached hydrogens (tertiary/aromatic N) is 1. The SMILES string of the molecule is Cc1ccccc1CN(C)C(=S)NCc1ccc(F)cc1. The molecule has 1 N–H and O–H groups in total. The molecule has 0 saturated carbocycles. The van der Waals surface area contributed by atoms with Crippen LogP contribution in [-0.4, -0.2) is 17.1 Å². The molecule has 110 valence electrons. The van der Waals surface area contributed by atoms with Crippen LogP contribution in [0.5, 0.6) is 0 Å². The van der Waals surface area contributed by atoms with Gasteiger partial charge in [0, 0.05) is 20.1 Å². The van der Waals surface area contributed by atoms with Crippen LogP contribution in [0.4, 0.5) is 4.39 Å². The van der Waals surface area contributed by atoms with Crippen LogP contribution in [0.25, 0.3) is 0 Å². The van der Waals surface area contributed by atoms with Crippen LogP contribution in [0.3, 0.4) is 0 Å². The second-order valence-corrected chi connectivity index (χ2v) is 5.45. The average Bonchev–Trinajstić information content (AvgIpc) is 2.48. The van der Waals surface area contributed by atoms with E-state index in [1.54, 1.807) is 12.1 Å². The quantitative estimate of drug-likeness (QED) is 0.868. The maximum atomic E-state index is 12.8. The monoisotopic (exact) mass is 302 g/mol. The van der Waals surface area contributed by atoms with Gasteiger partial charge in [-0.2, -0.15) is 0 Å². The van der Waals surface area contributed by atoms with Gasteiger partial charge in [0.15, 0.2) is 5.11 Å². The minimum Gasteiger partial charge on any atom is -0.358 e. The average molecular weight is 302 g/mol. The molecule has 0 heterocycles. The molecule has 0 radical (unpaired) electrons. The van der Waals surface area contributed by atoms with E-state index >= 15 is 0 Å². The molecule has 0 bridgehead atoms. The Morgan fingerprint density at radius 3 is 2.48 bits per heavy atom. The Morgan fingerprint density at radius 2 is 1.81 bits per heavy atom. The molecule has 21 heavy (non-hydrogen) atoms. The standard InChI is InChI=1S/C17H19FN2S/c1-13-5-3-4-6-15(13)12-20(2)17(21)19-11-14-7-9-16(18)10-8-14/h3-10H,11-12H2,1-2H3,(H,19,21). The molecule has 0 aliphatic carbocycles. The van der Waals surface area contributed by atoms with Crippen molar-refractivity contribution in [1.29, 1.82) is 0 Å². The first-order chi connectivity index (χ1) is 10.1. The second-order valence-electron chi connectivity index (χ2n) is 5.07. The van der Waals surface area contributed by atoms with E-state index in [9.17, 15) is 4.39 Å². The molecule has 0 amide bonds. The van der Waals surface area contributed by atoms with Gasteiger partial charge in [0.2, 0.25) is 0 Å². The zero-order valence-corrected chi connectivity index (χ0v) is 13.1. The second kappa shape index (κ2) is 7.18. The van der Waals surface area contributed by atoms with Crippen molar-refractivity contribution in [2.24, 2.45) is 0 Å². The molecule has 0 spiro atoms. The highest BCUT2D eigenvalue weighted by molar-refractivity contribution is 7.80. The molecule has 0 atom stereocenters. The smallest absolute Gasteiger partial charge is 0.169 e. The molecule has 2 nitrogen and oxygen atoms in total. The minimum absolute atomic E-state index is 0.224. The fourth-order valence-corrected chi connectivity index (χ4v) is 2.17. The Labute approximate surface area is 130 Å². The highest BCUT2D eigenvalue weighted by atomic mass is 32.1. The number of aryl methyl sites for hydroxylation is 1. The molecule has 2 rings (SSSR count). The zero-order valence-electron chi connectivity index (χ0n) is 12.3. The largest absolute Gasteiger partial charge is 0.358 e. The van der Waals surface area contributed by atoms with Crippen LogP contribution in [0.2, 0.25) is 0 Å². The number of benzene rings is 2. The van der Waals surface area contributed by atoms with Crippen LogP contribution < -0.4 is 5.32 Å². The van der Waals surface area contributed by atoms with Crippen molar-refractivity contribution in [1.82, 2.24) is 10.2 Å². The van der Waals surface area contributed by atoms with Crippen molar-refractivity contribution in [2.75, 3.05) is 7.05 Å². The lowest BCUT2D eigenvalue weighted by Gasteiger charge is -2.22. The summed E-state index contributed by atoms with van der Waals surface area (Å²) >= 11 is 5.38. The predicted molar refractivity (Wildman–Crippen MR) is 88.5 cm³/mol. The lowest BCUT2D eigenvalue weighted by Crippen LogP contribution is -2.36. The zero-order chi connectivity index (χ0) is 15.2. The van der Waals surface area contributed by atoms with E-state index in [0.29, 0.717) is 11.7 Å². The van der Waals surface area contributed by atoms with Crippen molar-refractivity contribution in [3.8, 4) is 0 Å². The third-order valence-corrected chi connectivity index (χ3v) is 3.83. The van der Waals surface area contributed by atoms with Crippen LogP contribution in [0, 0.1) is 12.7 Å². The number of halogens is 1. The van der Waals surface area contributed by atoms with E-state index in [1.165, 1.54) is 23.3 Å². The summed E-state index contributed by atoms with van der Waals surface area (Å²) in [7, 11) is 1.96. The first-order valence-corrected chi connectivity index (χ1v) is 7.25. The van der Waals surface area contributed by atoms with Crippen LogP contribution in [0.15, 0.2) is 48.5 Å². The molecule has 2 aromatic carbocycles. The van der Waals surface area contributed by atoms with Gasteiger partial charge < -0.3 is 10.2 Å². The molecule has 0 aliphatic rings. The summed E-state index contributed by atoms with van der Waals surface area (Å²) in [4.78, 5) is 2.00. The van der Waals surface area contributed by atoms with Crippen LogP contribution >= 0.6 is 12.2 Å². The molecule has 0 unspecified atom stereocenters. The van der Waals surface area contributed by atoms with Crippen molar-refractivity contribution in [3.05, 3.63) is 71.0 Å². The summed E-state index contributed by atoms with van der Waals surface area (Å²) < 4.78 is 12.8. The minimum atomic E-state index is -0.224. The Kier molecular flexibility index (Phi) is 5.28. The Hall–Kier alpha value is -1.94. The number of nitrogens with one attached hydrogen (secondary N) is 1. The van der Waals surface area contributed by atoms with Gasteiger partial charge >= 0.3 is 0 Å². The lowest BCUT2D eigenvalue weighted by atomic mass is 10.1. The predicted octanol–water partition coefficient (Wildman–Crippen LogP) is 3.64. The van der Waals surface area contributed by atoms with Crippen LogP contribution in [0.1, 0.15) is 16.7 Å². The third-order valence-electron chi connectivity index (χ3n) is 3.37. The Bertz CT molecular complexity index is 610. The topological polar surface area (TPSA) is 15.3 Å². The van der Waals surface area contributed by atoms with Gasteiger partial charge in [-0.05, 0) is 48.0 Å². The van der Waals surface area contributed by atoms with Gasteiger partial charge in [-0.25, -0.2) is 4.39 Å². The molecule has 0 aliphatic heterocycles. The molecule has 0 fully saturated rings. The summed E-state index contributed by atoms with van der Waals surface area (Å²) in [6.07, 6.45) is 0. The number of thiocarbonyl (C=S) groups is 1. The van der Waals surface area contributed by atoms with Gasteiger partial charge in [-0.3, -0.25) is 0 Å². The van der Waals surface area contributed by atoms with Crippen molar-refractivity contribution in [2.45, 2.75) is 20.0 Å². The molecule has 4 heteroatoms. The lowest BCUT2D eigenvalue weighted by molar-refractivity contribution is 0.487. The van der Waals surface area contributed by atoms with E-state index in [-0.39, 0.29) is 5.82 Å². The van der Waals surface area contributed by atoms with Gasteiger partial charge in [-0.1, -0.05) is 36.4 Å². The van der Waals surface area contributed by atoms with Crippen molar-refractivity contribution in [3.63, 3.8) is 0 Å². The van der Waals surface area contributed by atoms with Crippen LogP contribution in [-0.2, 0) is 13.1 Å².